The van der Waals surface area contributed by atoms with Crippen LogP contribution in [0.15, 0.2) is 0 Å². The average molecular weight is 220 g/mol. The molecular formula is C3H8Br2O. The van der Waals surface area contributed by atoms with Crippen molar-refractivity contribution in [3.05, 3.63) is 0 Å². The topological polar surface area (TPSA) is 20.2 Å². The Bertz CT molecular complexity index is 10.8. The van der Waals surface area contributed by atoms with Crippen LogP contribution in [0.4, 0.5) is 0 Å². The first-order valence-electron chi connectivity index (χ1n) is 1.56. The molecule has 6 heavy (non-hydrogen) atoms. The van der Waals surface area contributed by atoms with E-state index >= 15 is 0 Å². The highest BCUT2D eigenvalue weighted by Crippen LogP contribution is 1.67. The summed E-state index contributed by atoms with van der Waals surface area (Å²) in [6.07, 6.45) is 0. The molecule has 0 rings (SSSR count). The third-order valence-electron chi connectivity index (χ3n) is 0. The lowest BCUT2D eigenvalue weighted by atomic mass is 11.0. The van der Waals surface area contributed by atoms with Crippen molar-refractivity contribution in [3.63, 3.8) is 0 Å². The molecule has 0 amide bonds. The molecule has 0 unspecified atom stereocenters. The highest BCUT2D eigenvalue weighted by molar-refractivity contribution is 9.09. The lowest BCUT2D eigenvalue weighted by Crippen LogP contribution is -1.48. The smallest absolute Gasteiger partial charge is 0.0980 e. The van der Waals surface area contributed by atoms with Crippen molar-refractivity contribution in [2.45, 2.75) is 6.92 Å². The Balaban J connectivity index is 0. The monoisotopic (exact) mass is 218 g/mol. The van der Waals surface area contributed by atoms with E-state index in [1.807, 2.05) is 6.92 Å². The molecule has 0 aromatic heterocycles. The fourth-order valence-corrected chi connectivity index (χ4v) is 0. The largest absolute Gasteiger partial charge is 0.385 e. The first-order chi connectivity index (χ1) is 2.83. The summed E-state index contributed by atoms with van der Waals surface area (Å²) in [5.41, 5.74) is 0.0625. The number of rotatable bonds is 0. The highest BCUT2D eigenvalue weighted by atomic mass is 79.9. The molecule has 0 aliphatic carbocycles. The van der Waals surface area contributed by atoms with E-state index in [1.54, 1.807) is 0 Å². The van der Waals surface area contributed by atoms with Gasteiger partial charge in [-0.2, -0.15) is 0 Å². The number of aliphatic hydroxyl groups excluding tert-OH is 1. The second-order valence-corrected chi connectivity index (χ2v) is 2.01. The van der Waals surface area contributed by atoms with Gasteiger partial charge in [-0.15, -0.1) is 0 Å². The molecule has 3 heteroatoms. The summed E-state index contributed by atoms with van der Waals surface area (Å²) in [4.78, 5) is 0. The van der Waals surface area contributed by atoms with Gasteiger partial charge in [-0.1, -0.05) is 38.8 Å². The second-order valence-electron chi connectivity index (χ2n) is 0.387. The third kappa shape index (κ3) is 89.3. The van der Waals surface area contributed by atoms with E-state index in [-0.39, 0.29) is 5.52 Å². The molecule has 0 aromatic rings. The van der Waals surface area contributed by atoms with E-state index < -0.39 is 0 Å². The molecule has 0 spiro atoms. The molecule has 0 fully saturated rings. The molecule has 1 nitrogen and oxygen atoms in total. The molecule has 1 N–H and O–H groups in total. The first kappa shape index (κ1) is 10.0. The number of hydrogen-bond acceptors (Lipinski definition) is 1. The van der Waals surface area contributed by atoms with Crippen molar-refractivity contribution in [1.82, 2.24) is 0 Å². The van der Waals surface area contributed by atoms with Crippen LogP contribution in [0.1, 0.15) is 6.92 Å². The van der Waals surface area contributed by atoms with Gasteiger partial charge in [0.2, 0.25) is 0 Å². The first-order valence-corrected chi connectivity index (χ1v) is 3.80. The third-order valence-corrected chi connectivity index (χ3v) is 0. The van der Waals surface area contributed by atoms with Gasteiger partial charge in [0.15, 0.2) is 0 Å². The molecule has 0 radical (unpaired) electrons. The van der Waals surface area contributed by atoms with Gasteiger partial charge < -0.3 is 5.11 Å². The maximum Gasteiger partial charge on any atom is 0.0980 e. The zero-order valence-corrected chi connectivity index (χ0v) is 6.79. The summed E-state index contributed by atoms with van der Waals surface area (Å²) < 4.78 is 0. The number of halogens is 2. The molecule has 40 valence electrons. The predicted octanol–water partition coefficient (Wildman–Crippen LogP) is 1.73. The van der Waals surface area contributed by atoms with Gasteiger partial charge in [-0.05, 0) is 0 Å². The summed E-state index contributed by atoms with van der Waals surface area (Å²) in [5.74, 6) is 0. The van der Waals surface area contributed by atoms with E-state index in [9.17, 15) is 0 Å². The number of alkyl halides is 2. The van der Waals surface area contributed by atoms with Gasteiger partial charge >= 0.3 is 0 Å². The lowest BCUT2D eigenvalue weighted by Gasteiger charge is -1.50. The molecule has 0 saturated carbocycles. The van der Waals surface area contributed by atoms with E-state index in [2.05, 4.69) is 31.9 Å². The Morgan fingerprint density at radius 1 is 1.50 bits per heavy atom. The lowest BCUT2D eigenvalue weighted by molar-refractivity contribution is 0.381. The van der Waals surface area contributed by atoms with E-state index in [4.69, 9.17) is 5.11 Å². The van der Waals surface area contributed by atoms with Gasteiger partial charge in [-0.3, -0.25) is 0 Å². The fourth-order valence-electron chi connectivity index (χ4n) is 0. The van der Waals surface area contributed by atoms with Crippen molar-refractivity contribution in [3.8, 4) is 0 Å². The van der Waals surface area contributed by atoms with Crippen LogP contribution in [-0.2, 0) is 0 Å². The average Bonchev–Trinajstić information content (AvgIpc) is 1.39. The molecule has 0 heterocycles. The number of hydrogen-bond donors (Lipinski definition) is 1. The van der Waals surface area contributed by atoms with E-state index in [0.717, 1.165) is 5.33 Å². The van der Waals surface area contributed by atoms with Crippen molar-refractivity contribution >= 4 is 31.9 Å². The standard InChI is InChI=1S/C2H5Br.CH3BrO/c1-2-3;2-1-3/h2H2,1H3;3H,1H2. The Morgan fingerprint density at radius 2 is 1.50 bits per heavy atom. The molecule has 0 saturated heterocycles. The van der Waals surface area contributed by atoms with Crippen molar-refractivity contribution in [2.75, 3.05) is 10.8 Å². The van der Waals surface area contributed by atoms with Crippen LogP contribution in [-0.4, -0.2) is 16.0 Å². The van der Waals surface area contributed by atoms with Gasteiger partial charge in [0.1, 0.15) is 0 Å². The van der Waals surface area contributed by atoms with Gasteiger partial charge in [-0.25, -0.2) is 0 Å². The number of aliphatic hydroxyl groups is 1. The zero-order valence-electron chi connectivity index (χ0n) is 3.62. The molecule has 0 aliphatic heterocycles. The van der Waals surface area contributed by atoms with Gasteiger partial charge in [0, 0.05) is 5.33 Å². The second kappa shape index (κ2) is 16.8. The summed E-state index contributed by atoms with van der Waals surface area (Å²) in [6.45, 7) is 2.04. The fraction of sp³-hybridized carbons (Fsp3) is 1.00. The normalized spacial score (nSPS) is 6.00. The predicted molar refractivity (Wildman–Crippen MR) is 35.5 cm³/mol. The summed E-state index contributed by atoms with van der Waals surface area (Å²) >= 11 is 5.85. The Morgan fingerprint density at radius 3 is 1.50 bits per heavy atom. The van der Waals surface area contributed by atoms with E-state index in [0.29, 0.717) is 0 Å². The minimum Gasteiger partial charge on any atom is -0.385 e. The Hall–Kier alpha value is 0.920. The minimum atomic E-state index is 0.0625. The summed E-state index contributed by atoms with van der Waals surface area (Å²) in [5, 5.41) is 8.55. The maximum absolute atomic E-state index is 7.49. The van der Waals surface area contributed by atoms with Crippen LogP contribution < -0.4 is 0 Å². The Kier molecular flexibility index (Phi) is 28.1. The minimum absolute atomic E-state index is 0.0625. The molecule has 0 bridgehead atoms. The van der Waals surface area contributed by atoms with Gasteiger partial charge in [0.05, 0.1) is 5.52 Å². The summed E-state index contributed by atoms with van der Waals surface area (Å²) in [6, 6.07) is 0. The van der Waals surface area contributed by atoms with Crippen LogP contribution >= 0.6 is 31.9 Å². The van der Waals surface area contributed by atoms with Crippen molar-refractivity contribution in [1.29, 1.82) is 0 Å². The molecular weight excluding hydrogens is 212 g/mol. The van der Waals surface area contributed by atoms with Crippen LogP contribution in [0.3, 0.4) is 0 Å². The Labute approximate surface area is 55.0 Å². The van der Waals surface area contributed by atoms with Gasteiger partial charge in [0.25, 0.3) is 0 Å². The van der Waals surface area contributed by atoms with Crippen molar-refractivity contribution < 1.29 is 5.11 Å². The SMILES string of the molecule is CCBr.OCBr. The maximum atomic E-state index is 7.49. The zero-order chi connectivity index (χ0) is 5.41. The van der Waals surface area contributed by atoms with E-state index in [1.165, 1.54) is 0 Å². The van der Waals surface area contributed by atoms with Crippen LogP contribution in [0.2, 0.25) is 0 Å². The molecule has 0 aliphatic rings. The molecule has 0 atom stereocenters. The van der Waals surface area contributed by atoms with Crippen LogP contribution in [0.5, 0.6) is 0 Å². The summed E-state index contributed by atoms with van der Waals surface area (Å²) in [7, 11) is 0. The highest BCUT2D eigenvalue weighted by Gasteiger charge is 1.38. The quantitative estimate of drug-likeness (QED) is 0.616. The van der Waals surface area contributed by atoms with Crippen LogP contribution in [0, 0.1) is 0 Å². The van der Waals surface area contributed by atoms with Crippen molar-refractivity contribution in [2.24, 2.45) is 0 Å². The van der Waals surface area contributed by atoms with Crippen LogP contribution in [0.25, 0.3) is 0 Å². The molecule has 0 aromatic carbocycles.